The third-order valence-electron chi connectivity index (χ3n) is 5.16. The third kappa shape index (κ3) is 5.00. The Kier molecular flexibility index (Phi) is 7.31. The molecule has 0 saturated carbocycles. The Morgan fingerprint density at radius 3 is 2.50 bits per heavy atom. The van der Waals surface area contributed by atoms with Crippen molar-refractivity contribution < 1.29 is 22.9 Å². The average molecular weight is 463 g/mol. The summed E-state index contributed by atoms with van der Waals surface area (Å²) in [7, 11) is -2.26. The van der Waals surface area contributed by atoms with Gasteiger partial charge in [0, 0.05) is 37.5 Å². The second kappa shape index (κ2) is 9.96. The lowest BCUT2D eigenvalue weighted by Gasteiger charge is -2.27. The number of benzene rings is 2. The number of ether oxygens (including phenoxy) is 1. The van der Waals surface area contributed by atoms with Crippen molar-refractivity contribution in [2.75, 3.05) is 37.4 Å². The van der Waals surface area contributed by atoms with Crippen molar-refractivity contribution in [2.24, 2.45) is 0 Å². The monoisotopic (exact) mass is 462 g/mol. The van der Waals surface area contributed by atoms with Crippen LogP contribution in [0.25, 0.3) is 0 Å². The highest BCUT2D eigenvalue weighted by atomic mass is 32.2. The number of nitrogens with zero attached hydrogens (tertiary/aromatic N) is 2. The predicted octanol–water partition coefficient (Wildman–Crippen LogP) is 3.46. The highest BCUT2D eigenvalue weighted by Gasteiger charge is 2.29. The molecule has 0 spiro atoms. The minimum absolute atomic E-state index is 0.0180. The number of nitro benzene ring substituents is 1. The van der Waals surface area contributed by atoms with Crippen molar-refractivity contribution in [2.45, 2.75) is 31.1 Å². The number of carbonyl (C=O) groups excluding carboxylic acids is 1. The van der Waals surface area contributed by atoms with Crippen LogP contribution >= 0.6 is 0 Å². The van der Waals surface area contributed by atoms with Crippen molar-refractivity contribution in [3.8, 4) is 5.75 Å². The number of piperidine rings is 1. The number of carbonyl (C=O) groups is 1. The van der Waals surface area contributed by atoms with E-state index in [9.17, 15) is 23.3 Å². The number of amides is 1. The van der Waals surface area contributed by atoms with Gasteiger partial charge in [-0.2, -0.15) is 4.31 Å². The molecule has 2 N–H and O–H groups in total. The van der Waals surface area contributed by atoms with Gasteiger partial charge in [0.2, 0.25) is 10.0 Å². The Morgan fingerprint density at radius 1 is 1.16 bits per heavy atom. The lowest BCUT2D eigenvalue weighted by molar-refractivity contribution is -0.384. The van der Waals surface area contributed by atoms with Gasteiger partial charge in [0.05, 0.1) is 11.5 Å². The fraction of sp³-hybridized carbons (Fsp3) is 0.381. The molecule has 11 heteroatoms. The van der Waals surface area contributed by atoms with E-state index < -0.39 is 20.9 Å². The van der Waals surface area contributed by atoms with E-state index in [0.29, 0.717) is 13.1 Å². The fourth-order valence-corrected chi connectivity index (χ4v) is 5.22. The summed E-state index contributed by atoms with van der Waals surface area (Å²) in [5.41, 5.74) is 0.363. The number of sulfonamides is 1. The van der Waals surface area contributed by atoms with E-state index in [4.69, 9.17) is 4.74 Å². The van der Waals surface area contributed by atoms with E-state index in [1.54, 1.807) is 14.0 Å². The molecule has 0 radical (unpaired) electrons. The van der Waals surface area contributed by atoms with Crippen molar-refractivity contribution in [1.82, 2.24) is 4.31 Å². The van der Waals surface area contributed by atoms with Crippen molar-refractivity contribution in [3.63, 3.8) is 0 Å². The molecule has 10 nitrogen and oxygen atoms in total. The molecule has 1 fully saturated rings. The first kappa shape index (κ1) is 23.5. The van der Waals surface area contributed by atoms with Crippen LogP contribution in [0, 0.1) is 10.1 Å². The van der Waals surface area contributed by atoms with Gasteiger partial charge < -0.3 is 15.4 Å². The maximum absolute atomic E-state index is 13.2. The lowest BCUT2D eigenvalue weighted by Crippen LogP contribution is -2.35. The number of hydrogen-bond donors (Lipinski definition) is 2. The minimum Gasteiger partial charge on any atom is -0.492 e. The van der Waals surface area contributed by atoms with Crippen LogP contribution in [0.5, 0.6) is 5.75 Å². The molecule has 32 heavy (non-hydrogen) atoms. The zero-order valence-corrected chi connectivity index (χ0v) is 18.8. The molecule has 1 aliphatic heterocycles. The fourth-order valence-electron chi connectivity index (χ4n) is 3.55. The molecule has 0 aromatic heterocycles. The van der Waals surface area contributed by atoms with Crippen LogP contribution in [0.4, 0.5) is 17.1 Å². The predicted molar refractivity (Wildman–Crippen MR) is 121 cm³/mol. The second-order valence-corrected chi connectivity index (χ2v) is 9.16. The van der Waals surface area contributed by atoms with Gasteiger partial charge in [0.25, 0.3) is 11.6 Å². The Balaban J connectivity index is 1.92. The van der Waals surface area contributed by atoms with Crippen LogP contribution in [0.15, 0.2) is 41.3 Å². The van der Waals surface area contributed by atoms with E-state index in [-0.39, 0.29) is 39.9 Å². The van der Waals surface area contributed by atoms with Gasteiger partial charge in [0.15, 0.2) is 0 Å². The number of hydrogen-bond acceptors (Lipinski definition) is 7. The molecule has 0 aliphatic carbocycles. The molecule has 1 amide bonds. The third-order valence-corrected chi connectivity index (χ3v) is 7.08. The molecular weight excluding hydrogens is 436 g/mol. The van der Waals surface area contributed by atoms with Gasteiger partial charge in [-0.25, -0.2) is 8.42 Å². The quantitative estimate of drug-likeness (QED) is 0.454. The Labute approximate surface area is 186 Å². The number of rotatable bonds is 8. The van der Waals surface area contributed by atoms with E-state index in [2.05, 4.69) is 10.6 Å². The first-order chi connectivity index (χ1) is 15.3. The summed E-state index contributed by atoms with van der Waals surface area (Å²) in [6, 6.07) is 8.47. The first-order valence-electron chi connectivity index (χ1n) is 10.3. The second-order valence-electron chi connectivity index (χ2n) is 7.25. The van der Waals surface area contributed by atoms with Crippen LogP contribution in [-0.4, -0.2) is 50.3 Å². The molecule has 0 bridgehead atoms. The summed E-state index contributed by atoms with van der Waals surface area (Å²) >= 11 is 0. The summed E-state index contributed by atoms with van der Waals surface area (Å²) in [4.78, 5) is 23.4. The molecule has 172 valence electrons. The van der Waals surface area contributed by atoms with Crippen LogP contribution in [0.3, 0.4) is 0 Å². The maximum Gasteiger partial charge on any atom is 0.293 e. The summed E-state index contributed by atoms with van der Waals surface area (Å²) in [5, 5.41) is 16.6. The molecule has 1 saturated heterocycles. The van der Waals surface area contributed by atoms with Gasteiger partial charge in [0.1, 0.15) is 16.3 Å². The van der Waals surface area contributed by atoms with Crippen molar-refractivity contribution >= 4 is 33.0 Å². The summed E-state index contributed by atoms with van der Waals surface area (Å²) in [6.45, 7) is 2.92. The highest BCUT2D eigenvalue weighted by Crippen LogP contribution is 2.32. The van der Waals surface area contributed by atoms with Gasteiger partial charge in [-0.1, -0.05) is 6.42 Å². The smallest absolute Gasteiger partial charge is 0.293 e. The van der Waals surface area contributed by atoms with Gasteiger partial charge in [-0.3, -0.25) is 14.9 Å². The molecular formula is C21H26N4O6S. The van der Waals surface area contributed by atoms with Crippen LogP contribution in [-0.2, 0) is 10.0 Å². The van der Waals surface area contributed by atoms with E-state index in [1.807, 2.05) is 0 Å². The Hall–Kier alpha value is -3.18. The SMILES string of the molecule is CCOc1ccc(NC(=O)c2ccc(NC)c([N+](=O)[O-])c2)cc1S(=O)(=O)N1CCCCC1. The molecule has 3 rings (SSSR count). The molecule has 2 aromatic rings. The maximum atomic E-state index is 13.2. The van der Waals surface area contributed by atoms with Gasteiger partial charge in [-0.05, 0) is 50.1 Å². The summed E-state index contributed by atoms with van der Waals surface area (Å²) < 4.78 is 33.4. The van der Waals surface area contributed by atoms with Crippen LogP contribution in [0.1, 0.15) is 36.5 Å². The average Bonchev–Trinajstić information content (AvgIpc) is 2.80. The van der Waals surface area contributed by atoms with Crippen molar-refractivity contribution in [1.29, 1.82) is 0 Å². The molecule has 0 atom stereocenters. The van der Waals surface area contributed by atoms with Gasteiger partial charge >= 0.3 is 0 Å². The molecule has 1 aliphatic rings. The highest BCUT2D eigenvalue weighted by molar-refractivity contribution is 7.89. The summed E-state index contributed by atoms with van der Waals surface area (Å²) in [6.07, 6.45) is 2.57. The normalized spacial score (nSPS) is 14.6. The summed E-state index contributed by atoms with van der Waals surface area (Å²) in [5.74, 6) is -0.383. The lowest BCUT2D eigenvalue weighted by atomic mass is 10.1. The largest absolute Gasteiger partial charge is 0.492 e. The van der Waals surface area contributed by atoms with Crippen LogP contribution < -0.4 is 15.4 Å². The van der Waals surface area contributed by atoms with Crippen molar-refractivity contribution in [3.05, 3.63) is 52.1 Å². The van der Waals surface area contributed by atoms with E-state index in [0.717, 1.165) is 19.3 Å². The van der Waals surface area contributed by atoms with Gasteiger partial charge in [-0.15, -0.1) is 0 Å². The standard InChI is InChI=1S/C21H26N4O6S/c1-3-31-19-10-8-16(14-20(19)32(29,30)24-11-5-4-6-12-24)23-21(26)15-7-9-17(22-2)18(13-15)25(27)28/h7-10,13-14,22H,3-6,11-12H2,1-2H3,(H,23,26). The minimum atomic E-state index is -3.81. The number of nitrogens with one attached hydrogen (secondary N) is 2. The van der Waals surface area contributed by atoms with E-state index >= 15 is 0 Å². The van der Waals surface area contributed by atoms with E-state index in [1.165, 1.54) is 40.7 Å². The first-order valence-corrected chi connectivity index (χ1v) is 11.8. The Morgan fingerprint density at radius 2 is 1.88 bits per heavy atom. The zero-order valence-electron chi connectivity index (χ0n) is 18.0. The van der Waals surface area contributed by atoms with Crippen LogP contribution in [0.2, 0.25) is 0 Å². The Bertz CT molecular complexity index is 1110. The molecule has 2 aromatic carbocycles. The number of anilines is 2. The zero-order chi connectivity index (χ0) is 23.3. The topological polar surface area (TPSA) is 131 Å². The molecule has 0 unspecified atom stereocenters. The molecule has 1 heterocycles. The number of nitro groups is 1.